The molecule has 0 radical (unpaired) electrons. The Bertz CT molecular complexity index is 392. The normalized spacial score (nSPS) is 14.2. The molecule has 1 aromatic rings. The van der Waals surface area contributed by atoms with Gasteiger partial charge in [-0.2, -0.15) is 0 Å². The average Bonchev–Trinajstić information content (AvgIpc) is 2.44. The van der Waals surface area contributed by atoms with E-state index in [4.69, 9.17) is 4.74 Å². The minimum Gasteiger partial charge on any atom is -0.496 e. The van der Waals surface area contributed by atoms with E-state index in [1.54, 1.807) is 7.11 Å². The molecule has 0 saturated carbocycles. The van der Waals surface area contributed by atoms with Crippen LogP contribution in [0.15, 0.2) is 36.9 Å². The highest BCUT2D eigenvalue weighted by molar-refractivity contribution is 5.35. The SMILES string of the molecule is C=CCCC(O)CN(C)C(C)c1ccccc1OC. The Hall–Kier alpha value is -1.32. The number of aliphatic hydroxyl groups excluding tert-OH is 1. The van der Waals surface area contributed by atoms with Crippen molar-refractivity contribution in [3.05, 3.63) is 42.5 Å². The number of nitrogens with zero attached hydrogens (tertiary/aromatic N) is 1. The summed E-state index contributed by atoms with van der Waals surface area (Å²) in [4.78, 5) is 2.14. The summed E-state index contributed by atoms with van der Waals surface area (Å²) in [5.74, 6) is 0.891. The van der Waals surface area contributed by atoms with E-state index < -0.39 is 0 Å². The van der Waals surface area contributed by atoms with Gasteiger partial charge in [-0.3, -0.25) is 4.90 Å². The molecule has 19 heavy (non-hydrogen) atoms. The zero-order valence-electron chi connectivity index (χ0n) is 12.2. The van der Waals surface area contributed by atoms with Crippen molar-refractivity contribution in [1.29, 1.82) is 0 Å². The largest absolute Gasteiger partial charge is 0.496 e. The highest BCUT2D eigenvalue weighted by Crippen LogP contribution is 2.28. The third kappa shape index (κ3) is 4.69. The molecule has 1 aromatic carbocycles. The van der Waals surface area contributed by atoms with Crippen molar-refractivity contribution in [3.63, 3.8) is 0 Å². The van der Waals surface area contributed by atoms with E-state index in [-0.39, 0.29) is 12.1 Å². The van der Waals surface area contributed by atoms with Crippen molar-refractivity contribution >= 4 is 0 Å². The Morgan fingerprint density at radius 2 is 2.11 bits per heavy atom. The van der Waals surface area contributed by atoms with Gasteiger partial charge in [0.2, 0.25) is 0 Å². The van der Waals surface area contributed by atoms with Crippen molar-refractivity contribution in [2.75, 3.05) is 20.7 Å². The van der Waals surface area contributed by atoms with Crippen LogP contribution in [0.4, 0.5) is 0 Å². The van der Waals surface area contributed by atoms with Crippen LogP contribution in [-0.2, 0) is 0 Å². The Morgan fingerprint density at radius 3 is 2.74 bits per heavy atom. The highest BCUT2D eigenvalue weighted by Gasteiger charge is 2.17. The zero-order valence-corrected chi connectivity index (χ0v) is 12.2. The van der Waals surface area contributed by atoms with Gasteiger partial charge in [-0.25, -0.2) is 0 Å². The molecule has 0 aliphatic rings. The number of hydrogen-bond donors (Lipinski definition) is 1. The number of allylic oxidation sites excluding steroid dienone is 1. The van der Waals surface area contributed by atoms with Gasteiger partial charge in [0.05, 0.1) is 13.2 Å². The van der Waals surface area contributed by atoms with Crippen LogP contribution in [0.25, 0.3) is 0 Å². The standard InChI is InChI=1S/C16H25NO2/c1-5-6-9-14(18)12-17(3)13(2)15-10-7-8-11-16(15)19-4/h5,7-8,10-11,13-14,18H,1,6,9,12H2,2-4H3. The zero-order chi connectivity index (χ0) is 14.3. The minimum atomic E-state index is -0.319. The van der Waals surface area contributed by atoms with Crippen LogP contribution in [-0.4, -0.2) is 36.8 Å². The van der Waals surface area contributed by atoms with Crippen LogP contribution in [0, 0.1) is 0 Å². The Labute approximate surface area is 116 Å². The van der Waals surface area contributed by atoms with Crippen LogP contribution in [0.1, 0.15) is 31.4 Å². The van der Waals surface area contributed by atoms with Gasteiger partial charge in [0, 0.05) is 18.2 Å². The fourth-order valence-electron chi connectivity index (χ4n) is 2.14. The molecule has 1 N–H and O–H groups in total. The average molecular weight is 263 g/mol. The van der Waals surface area contributed by atoms with Crippen LogP contribution >= 0.6 is 0 Å². The quantitative estimate of drug-likeness (QED) is 0.732. The van der Waals surface area contributed by atoms with Crippen molar-refractivity contribution in [2.45, 2.75) is 31.9 Å². The monoisotopic (exact) mass is 263 g/mol. The predicted molar refractivity (Wildman–Crippen MR) is 79.5 cm³/mol. The Balaban J connectivity index is 2.65. The van der Waals surface area contributed by atoms with E-state index in [0.29, 0.717) is 6.54 Å². The van der Waals surface area contributed by atoms with E-state index in [0.717, 1.165) is 24.2 Å². The van der Waals surface area contributed by atoms with Crippen molar-refractivity contribution in [3.8, 4) is 5.75 Å². The van der Waals surface area contributed by atoms with Crippen molar-refractivity contribution in [2.24, 2.45) is 0 Å². The number of ether oxygens (including phenoxy) is 1. The van der Waals surface area contributed by atoms with E-state index in [9.17, 15) is 5.11 Å². The lowest BCUT2D eigenvalue weighted by molar-refractivity contribution is 0.101. The van der Waals surface area contributed by atoms with E-state index >= 15 is 0 Å². The first-order valence-electron chi connectivity index (χ1n) is 6.72. The topological polar surface area (TPSA) is 32.7 Å². The molecule has 1 rings (SSSR count). The van der Waals surface area contributed by atoms with Gasteiger partial charge in [0.25, 0.3) is 0 Å². The van der Waals surface area contributed by atoms with Gasteiger partial charge >= 0.3 is 0 Å². The molecule has 0 bridgehead atoms. The number of rotatable bonds is 8. The highest BCUT2D eigenvalue weighted by atomic mass is 16.5. The summed E-state index contributed by atoms with van der Waals surface area (Å²) in [5, 5.41) is 9.95. The first-order valence-corrected chi connectivity index (χ1v) is 6.72. The molecular weight excluding hydrogens is 238 g/mol. The van der Waals surface area contributed by atoms with Crippen molar-refractivity contribution in [1.82, 2.24) is 4.90 Å². The maximum absolute atomic E-state index is 9.95. The molecule has 2 atom stereocenters. The first kappa shape index (κ1) is 15.7. The molecule has 0 fully saturated rings. The molecule has 3 heteroatoms. The smallest absolute Gasteiger partial charge is 0.123 e. The maximum Gasteiger partial charge on any atom is 0.123 e. The molecule has 0 aromatic heterocycles. The number of para-hydroxylation sites is 1. The molecule has 0 aliphatic carbocycles. The first-order chi connectivity index (χ1) is 9.10. The summed E-state index contributed by atoms with van der Waals surface area (Å²) < 4.78 is 5.38. The van der Waals surface area contributed by atoms with E-state index in [2.05, 4.69) is 24.5 Å². The molecule has 0 spiro atoms. The molecule has 3 nitrogen and oxygen atoms in total. The summed E-state index contributed by atoms with van der Waals surface area (Å²) in [6, 6.07) is 8.21. The van der Waals surface area contributed by atoms with E-state index in [1.165, 1.54) is 0 Å². The molecule has 0 saturated heterocycles. The second-order valence-electron chi connectivity index (χ2n) is 4.88. The molecule has 2 unspecified atom stereocenters. The van der Waals surface area contributed by atoms with Gasteiger partial charge in [0.15, 0.2) is 0 Å². The van der Waals surface area contributed by atoms with Gasteiger partial charge in [-0.1, -0.05) is 24.3 Å². The number of benzene rings is 1. The molecule has 0 amide bonds. The van der Waals surface area contributed by atoms with Crippen LogP contribution in [0.2, 0.25) is 0 Å². The summed E-state index contributed by atoms with van der Waals surface area (Å²) in [6.07, 6.45) is 3.12. The number of methoxy groups -OCH3 is 1. The van der Waals surface area contributed by atoms with Crippen LogP contribution in [0.5, 0.6) is 5.75 Å². The van der Waals surface area contributed by atoms with Crippen LogP contribution in [0.3, 0.4) is 0 Å². The summed E-state index contributed by atoms with van der Waals surface area (Å²) in [7, 11) is 3.71. The second kappa shape index (κ2) is 7.97. The van der Waals surface area contributed by atoms with Gasteiger partial charge in [-0.05, 0) is 32.9 Å². The fraction of sp³-hybridized carbons (Fsp3) is 0.500. The Morgan fingerprint density at radius 1 is 1.42 bits per heavy atom. The van der Waals surface area contributed by atoms with Gasteiger partial charge in [-0.15, -0.1) is 6.58 Å². The second-order valence-corrected chi connectivity index (χ2v) is 4.88. The predicted octanol–water partition coefficient (Wildman–Crippen LogP) is 3.02. The van der Waals surface area contributed by atoms with Gasteiger partial charge in [0.1, 0.15) is 5.75 Å². The molecule has 0 aliphatic heterocycles. The molecule has 0 heterocycles. The Kier molecular flexibility index (Phi) is 6.60. The third-order valence-corrected chi connectivity index (χ3v) is 3.45. The lowest BCUT2D eigenvalue weighted by Gasteiger charge is -2.28. The van der Waals surface area contributed by atoms with Gasteiger partial charge < -0.3 is 9.84 Å². The minimum absolute atomic E-state index is 0.203. The summed E-state index contributed by atoms with van der Waals surface area (Å²) >= 11 is 0. The lowest BCUT2D eigenvalue weighted by atomic mass is 10.1. The number of likely N-dealkylation sites (N-methyl/N-ethyl adjacent to an activating group) is 1. The lowest BCUT2D eigenvalue weighted by Crippen LogP contribution is -2.31. The molecule has 106 valence electrons. The summed E-state index contributed by atoms with van der Waals surface area (Å²) in [5.41, 5.74) is 1.14. The number of hydrogen-bond acceptors (Lipinski definition) is 3. The van der Waals surface area contributed by atoms with Crippen molar-refractivity contribution < 1.29 is 9.84 Å². The molecular formula is C16H25NO2. The maximum atomic E-state index is 9.95. The van der Waals surface area contributed by atoms with E-state index in [1.807, 2.05) is 31.3 Å². The van der Waals surface area contributed by atoms with Crippen LogP contribution < -0.4 is 4.74 Å². The summed E-state index contributed by atoms with van der Waals surface area (Å²) in [6.45, 7) is 6.44. The third-order valence-electron chi connectivity index (χ3n) is 3.45. The number of aliphatic hydroxyl groups is 1. The fourth-order valence-corrected chi connectivity index (χ4v) is 2.14.